The molecule has 0 saturated carbocycles. The van der Waals surface area contributed by atoms with E-state index in [-0.39, 0.29) is 11.8 Å². The van der Waals surface area contributed by atoms with Gasteiger partial charge >= 0.3 is 0 Å². The van der Waals surface area contributed by atoms with E-state index in [9.17, 15) is 4.79 Å². The number of hydrogen-bond donors (Lipinski definition) is 1. The summed E-state index contributed by atoms with van der Waals surface area (Å²) in [5.41, 5.74) is 1.91. The Morgan fingerprint density at radius 3 is 2.50 bits per heavy atom. The zero-order valence-corrected chi connectivity index (χ0v) is 14.0. The Balaban J connectivity index is 2.05. The van der Waals surface area contributed by atoms with Crippen molar-refractivity contribution in [2.45, 2.75) is 32.2 Å². The zero-order chi connectivity index (χ0) is 15.9. The molecule has 116 valence electrons. The zero-order valence-electron chi connectivity index (χ0n) is 12.5. The number of halogens is 2. The van der Waals surface area contributed by atoms with Crippen LogP contribution in [-0.2, 0) is 11.3 Å². The van der Waals surface area contributed by atoms with Crippen molar-refractivity contribution in [2.75, 3.05) is 0 Å². The Hall–Kier alpha value is -1.51. The molecule has 2 aromatic rings. The van der Waals surface area contributed by atoms with E-state index in [0.717, 1.165) is 24.0 Å². The van der Waals surface area contributed by atoms with Crippen LogP contribution >= 0.6 is 23.2 Å². The van der Waals surface area contributed by atoms with Gasteiger partial charge in [0.25, 0.3) is 0 Å². The lowest BCUT2D eigenvalue weighted by Gasteiger charge is -2.17. The van der Waals surface area contributed by atoms with Crippen LogP contribution in [0.5, 0.6) is 0 Å². The molecule has 22 heavy (non-hydrogen) atoms. The number of nitrogens with one attached hydrogen (secondary N) is 1. The minimum absolute atomic E-state index is 0.0269. The van der Waals surface area contributed by atoms with Crippen LogP contribution in [0, 0.1) is 0 Å². The van der Waals surface area contributed by atoms with Crippen molar-refractivity contribution < 1.29 is 4.79 Å². The van der Waals surface area contributed by atoms with Gasteiger partial charge in [0, 0.05) is 16.6 Å². The summed E-state index contributed by atoms with van der Waals surface area (Å²) >= 11 is 12.0. The van der Waals surface area contributed by atoms with Crippen LogP contribution in [0.15, 0.2) is 48.5 Å². The minimum Gasteiger partial charge on any atom is -0.351 e. The number of amides is 1. The Morgan fingerprint density at radius 1 is 1.14 bits per heavy atom. The van der Waals surface area contributed by atoms with E-state index >= 15 is 0 Å². The average molecular weight is 336 g/mol. The fourth-order valence-electron chi connectivity index (χ4n) is 2.39. The third kappa shape index (κ3) is 4.49. The summed E-state index contributed by atoms with van der Waals surface area (Å²) in [6.45, 7) is 2.49. The van der Waals surface area contributed by atoms with Crippen LogP contribution in [0.1, 0.15) is 36.8 Å². The van der Waals surface area contributed by atoms with E-state index in [1.807, 2.05) is 36.4 Å². The molecule has 0 saturated heterocycles. The van der Waals surface area contributed by atoms with Gasteiger partial charge in [-0.3, -0.25) is 4.79 Å². The highest BCUT2D eigenvalue weighted by Crippen LogP contribution is 2.23. The summed E-state index contributed by atoms with van der Waals surface area (Å²) < 4.78 is 0. The number of hydrogen-bond acceptors (Lipinski definition) is 1. The molecule has 2 aromatic carbocycles. The van der Waals surface area contributed by atoms with Gasteiger partial charge in [-0.15, -0.1) is 0 Å². The van der Waals surface area contributed by atoms with Crippen LogP contribution in [0.25, 0.3) is 0 Å². The first-order valence-corrected chi connectivity index (χ1v) is 8.14. The third-order valence-corrected chi connectivity index (χ3v) is 4.15. The van der Waals surface area contributed by atoms with Crippen LogP contribution < -0.4 is 5.32 Å². The Labute approximate surface area is 141 Å². The predicted octanol–water partition coefficient (Wildman–Crippen LogP) is 5.19. The SMILES string of the molecule is CCC[C@@H](C(=O)NCc1ccc(Cl)cc1Cl)c1ccccc1. The predicted molar refractivity (Wildman–Crippen MR) is 92.4 cm³/mol. The highest BCUT2D eigenvalue weighted by atomic mass is 35.5. The molecule has 4 heteroatoms. The van der Waals surface area contributed by atoms with Crippen LogP contribution in [0.2, 0.25) is 10.0 Å². The van der Waals surface area contributed by atoms with E-state index in [1.165, 1.54) is 0 Å². The second-order valence-corrected chi connectivity index (χ2v) is 6.05. The first kappa shape index (κ1) is 16.9. The maximum atomic E-state index is 12.5. The molecule has 1 amide bonds. The van der Waals surface area contributed by atoms with Gasteiger partial charge in [0.15, 0.2) is 0 Å². The van der Waals surface area contributed by atoms with Crippen molar-refractivity contribution in [2.24, 2.45) is 0 Å². The van der Waals surface area contributed by atoms with Gasteiger partial charge in [0.1, 0.15) is 0 Å². The monoisotopic (exact) mass is 335 g/mol. The lowest BCUT2D eigenvalue weighted by Crippen LogP contribution is -2.29. The highest BCUT2D eigenvalue weighted by Gasteiger charge is 2.19. The van der Waals surface area contributed by atoms with Crippen molar-refractivity contribution in [1.82, 2.24) is 5.32 Å². The summed E-state index contributed by atoms with van der Waals surface area (Å²) in [5, 5.41) is 4.14. The molecule has 0 aliphatic carbocycles. The molecule has 0 aliphatic rings. The van der Waals surface area contributed by atoms with Crippen LogP contribution in [-0.4, -0.2) is 5.91 Å². The standard InChI is InChI=1S/C18H19Cl2NO/c1-2-6-16(13-7-4-3-5-8-13)18(22)21-12-14-9-10-15(19)11-17(14)20/h3-5,7-11,16H,2,6,12H2,1H3,(H,21,22)/t16-/m1/s1. The molecular formula is C18H19Cl2NO. The van der Waals surface area contributed by atoms with Crippen molar-refractivity contribution in [3.63, 3.8) is 0 Å². The largest absolute Gasteiger partial charge is 0.351 e. The molecule has 0 fully saturated rings. The summed E-state index contributed by atoms with van der Waals surface area (Å²) in [7, 11) is 0. The van der Waals surface area contributed by atoms with E-state index in [1.54, 1.807) is 12.1 Å². The van der Waals surface area contributed by atoms with Crippen LogP contribution in [0.3, 0.4) is 0 Å². The lowest BCUT2D eigenvalue weighted by molar-refractivity contribution is -0.122. The Kier molecular flexibility index (Phi) is 6.29. The van der Waals surface area contributed by atoms with Gasteiger partial charge < -0.3 is 5.32 Å². The van der Waals surface area contributed by atoms with Gasteiger partial charge in [-0.25, -0.2) is 0 Å². The molecule has 0 radical (unpaired) electrons. The Bertz CT molecular complexity index is 628. The quantitative estimate of drug-likeness (QED) is 0.772. The molecule has 0 heterocycles. The average Bonchev–Trinajstić information content (AvgIpc) is 2.52. The first-order chi connectivity index (χ1) is 10.6. The molecule has 2 nitrogen and oxygen atoms in total. The third-order valence-electron chi connectivity index (χ3n) is 3.56. The van der Waals surface area contributed by atoms with Crippen molar-refractivity contribution in [3.05, 3.63) is 69.7 Å². The van der Waals surface area contributed by atoms with Crippen molar-refractivity contribution in [1.29, 1.82) is 0 Å². The maximum absolute atomic E-state index is 12.5. The molecule has 1 N–H and O–H groups in total. The lowest BCUT2D eigenvalue weighted by atomic mass is 9.93. The normalized spacial score (nSPS) is 12.0. The van der Waals surface area contributed by atoms with Gasteiger partial charge in [-0.05, 0) is 29.7 Å². The van der Waals surface area contributed by atoms with E-state index in [0.29, 0.717) is 16.6 Å². The topological polar surface area (TPSA) is 29.1 Å². The van der Waals surface area contributed by atoms with Crippen molar-refractivity contribution >= 4 is 29.1 Å². The van der Waals surface area contributed by atoms with Gasteiger partial charge in [0.2, 0.25) is 5.91 Å². The van der Waals surface area contributed by atoms with Gasteiger partial charge in [0.05, 0.1) is 5.92 Å². The molecule has 0 aliphatic heterocycles. The maximum Gasteiger partial charge on any atom is 0.227 e. The molecular weight excluding hydrogens is 317 g/mol. The summed E-state index contributed by atoms with van der Waals surface area (Å²) in [6.07, 6.45) is 1.78. The molecule has 2 rings (SSSR count). The number of carbonyl (C=O) groups is 1. The smallest absolute Gasteiger partial charge is 0.227 e. The van der Waals surface area contributed by atoms with Gasteiger partial charge in [-0.2, -0.15) is 0 Å². The number of carbonyl (C=O) groups excluding carboxylic acids is 1. The van der Waals surface area contributed by atoms with Gasteiger partial charge in [-0.1, -0.05) is 72.9 Å². The molecule has 0 spiro atoms. The highest BCUT2D eigenvalue weighted by molar-refractivity contribution is 6.35. The summed E-state index contributed by atoms with van der Waals surface area (Å²) in [5.74, 6) is -0.101. The molecule has 0 unspecified atom stereocenters. The van der Waals surface area contributed by atoms with E-state index in [2.05, 4.69) is 12.2 Å². The minimum atomic E-state index is -0.128. The molecule has 0 aromatic heterocycles. The molecule has 0 bridgehead atoms. The summed E-state index contributed by atoms with van der Waals surface area (Å²) in [6, 6.07) is 15.2. The fourth-order valence-corrected chi connectivity index (χ4v) is 2.87. The Morgan fingerprint density at radius 2 is 1.86 bits per heavy atom. The molecule has 1 atom stereocenters. The second-order valence-electron chi connectivity index (χ2n) is 5.21. The van der Waals surface area contributed by atoms with E-state index in [4.69, 9.17) is 23.2 Å². The fraction of sp³-hybridized carbons (Fsp3) is 0.278. The van der Waals surface area contributed by atoms with Crippen LogP contribution in [0.4, 0.5) is 0 Å². The van der Waals surface area contributed by atoms with E-state index < -0.39 is 0 Å². The first-order valence-electron chi connectivity index (χ1n) is 7.38. The van der Waals surface area contributed by atoms with Crippen molar-refractivity contribution in [3.8, 4) is 0 Å². The number of benzene rings is 2. The second kappa shape index (κ2) is 8.21. The number of rotatable bonds is 6. The summed E-state index contributed by atoms with van der Waals surface area (Å²) in [4.78, 5) is 12.5.